The van der Waals surface area contributed by atoms with E-state index in [1.807, 2.05) is 24.3 Å². The van der Waals surface area contributed by atoms with Crippen molar-refractivity contribution in [2.75, 3.05) is 20.3 Å². The Morgan fingerprint density at radius 3 is 2.39 bits per heavy atom. The Labute approximate surface area is 109 Å². The lowest BCUT2D eigenvalue weighted by Gasteiger charge is -2.25. The normalized spacial score (nSPS) is 13.4. The Morgan fingerprint density at radius 2 is 1.89 bits per heavy atom. The lowest BCUT2D eigenvalue weighted by Crippen LogP contribution is -2.48. The van der Waals surface area contributed by atoms with Crippen LogP contribution in [0.5, 0.6) is 5.75 Å². The molecule has 0 aliphatic rings. The molecule has 0 heterocycles. The van der Waals surface area contributed by atoms with Gasteiger partial charge < -0.3 is 20.3 Å². The second-order valence-corrected chi connectivity index (χ2v) is 5.03. The van der Waals surface area contributed by atoms with Gasteiger partial charge in [0.1, 0.15) is 18.5 Å². The van der Waals surface area contributed by atoms with E-state index in [4.69, 9.17) is 15.2 Å². The molecular formula is C14H23NO3. The van der Waals surface area contributed by atoms with Crippen molar-refractivity contribution in [3.8, 4) is 5.75 Å². The Balaban J connectivity index is 2.44. The van der Waals surface area contributed by atoms with Gasteiger partial charge in [-0.05, 0) is 38.0 Å². The van der Waals surface area contributed by atoms with Crippen LogP contribution in [0.25, 0.3) is 0 Å². The van der Waals surface area contributed by atoms with Crippen LogP contribution in [-0.2, 0) is 11.2 Å². The summed E-state index contributed by atoms with van der Waals surface area (Å²) in [7, 11) is 1.69. The van der Waals surface area contributed by atoms with Crippen molar-refractivity contribution >= 4 is 0 Å². The van der Waals surface area contributed by atoms with Crippen LogP contribution >= 0.6 is 0 Å². The number of ether oxygens (including phenoxy) is 2. The molecule has 0 fully saturated rings. The maximum Gasteiger partial charge on any atom is 0.119 e. The monoisotopic (exact) mass is 253 g/mol. The third kappa shape index (κ3) is 5.04. The number of rotatable bonds is 7. The van der Waals surface area contributed by atoms with Gasteiger partial charge in [-0.25, -0.2) is 0 Å². The summed E-state index contributed by atoms with van der Waals surface area (Å²) in [6, 6.07) is 7.77. The predicted molar refractivity (Wildman–Crippen MR) is 71.8 cm³/mol. The third-order valence-electron chi connectivity index (χ3n) is 2.78. The molecule has 4 nitrogen and oxygen atoms in total. The van der Waals surface area contributed by atoms with Crippen molar-refractivity contribution in [3.63, 3.8) is 0 Å². The first-order chi connectivity index (χ1) is 8.43. The fraction of sp³-hybridized carbons (Fsp3) is 0.571. The smallest absolute Gasteiger partial charge is 0.119 e. The number of methoxy groups -OCH3 is 1. The van der Waals surface area contributed by atoms with Crippen molar-refractivity contribution in [2.45, 2.75) is 31.9 Å². The van der Waals surface area contributed by atoms with Gasteiger partial charge in [0.15, 0.2) is 0 Å². The van der Waals surface area contributed by atoms with Crippen molar-refractivity contribution < 1.29 is 14.6 Å². The second-order valence-electron chi connectivity index (χ2n) is 5.03. The predicted octanol–water partition coefficient (Wildman–Crippen LogP) is 1.35. The first-order valence-electron chi connectivity index (χ1n) is 6.11. The number of nitrogens with two attached hydrogens (primary N) is 1. The van der Waals surface area contributed by atoms with Gasteiger partial charge in [-0.15, -0.1) is 0 Å². The fourth-order valence-corrected chi connectivity index (χ4v) is 1.36. The summed E-state index contributed by atoms with van der Waals surface area (Å²) in [6.45, 7) is 4.45. The molecule has 102 valence electrons. The van der Waals surface area contributed by atoms with Crippen molar-refractivity contribution in [1.82, 2.24) is 0 Å². The van der Waals surface area contributed by atoms with Gasteiger partial charge in [0.2, 0.25) is 0 Å². The zero-order chi connectivity index (χ0) is 13.6. The molecular weight excluding hydrogens is 230 g/mol. The molecule has 1 aromatic carbocycles. The number of aliphatic hydroxyl groups is 1. The van der Waals surface area contributed by atoms with E-state index in [-0.39, 0.29) is 6.61 Å². The molecule has 4 heteroatoms. The van der Waals surface area contributed by atoms with Crippen LogP contribution < -0.4 is 10.5 Å². The molecule has 3 N–H and O–H groups in total. The molecule has 0 spiro atoms. The van der Waals surface area contributed by atoms with Crippen LogP contribution in [0.2, 0.25) is 0 Å². The van der Waals surface area contributed by atoms with Crippen LogP contribution in [-0.4, -0.2) is 37.1 Å². The SMILES string of the molecule is COCCc1ccc(OC[C@H](O)C(C)(C)N)cc1. The molecule has 0 saturated heterocycles. The minimum atomic E-state index is -0.689. The van der Waals surface area contributed by atoms with Crippen LogP contribution in [0.4, 0.5) is 0 Å². The zero-order valence-corrected chi connectivity index (χ0v) is 11.3. The average molecular weight is 253 g/mol. The second kappa shape index (κ2) is 6.73. The Kier molecular flexibility index (Phi) is 5.59. The van der Waals surface area contributed by atoms with Gasteiger partial charge in [-0.1, -0.05) is 12.1 Å². The van der Waals surface area contributed by atoms with E-state index in [0.717, 1.165) is 12.2 Å². The molecule has 0 aromatic heterocycles. The van der Waals surface area contributed by atoms with Gasteiger partial charge in [0.05, 0.1) is 6.61 Å². The van der Waals surface area contributed by atoms with E-state index < -0.39 is 11.6 Å². The molecule has 0 aliphatic heterocycles. The largest absolute Gasteiger partial charge is 0.491 e. The first kappa shape index (κ1) is 15.0. The molecule has 0 aliphatic carbocycles. The lowest BCUT2D eigenvalue weighted by atomic mass is 10.00. The minimum absolute atomic E-state index is 0.195. The van der Waals surface area contributed by atoms with E-state index in [1.54, 1.807) is 21.0 Å². The number of aliphatic hydroxyl groups excluding tert-OH is 1. The Morgan fingerprint density at radius 1 is 1.28 bits per heavy atom. The highest BCUT2D eigenvalue weighted by atomic mass is 16.5. The standard InChI is InChI=1S/C14H23NO3/c1-14(2,15)13(16)10-18-12-6-4-11(5-7-12)8-9-17-3/h4-7,13,16H,8-10,15H2,1-3H3/t13-/m0/s1. The number of hydrogen-bond acceptors (Lipinski definition) is 4. The van der Waals surface area contributed by atoms with Crippen molar-refractivity contribution in [1.29, 1.82) is 0 Å². The molecule has 0 unspecified atom stereocenters. The number of hydrogen-bond donors (Lipinski definition) is 2. The van der Waals surface area contributed by atoms with E-state index in [1.165, 1.54) is 5.56 Å². The first-order valence-corrected chi connectivity index (χ1v) is 6.11. The molecule has 0 radical (unpaired) electrons. The average Bonchev–Trinajstić information content (AvgIpc) is 2.33. The van der Waals surface area contributed by atoms with Crippen LogP contribution in [0.3, 0.4) is 0 Å². The Bertz CT molecular complexity index is 343. The summed E-state index contributed by atoms with van der Waals surface area (Å²) in [5.74, 6) is 0.736. The third-order valence-corrected chi connectivity index (χ3v) is 2.78. The van der Waals surface area contributed by atoms with Crippen molar-refractivity contribution in [3.05, 3.63) is 29.8 Å². The van der Waals surface area contributed by atoms with Crippen molar-refractivity contribution in [2.24, 2.45) is 5.73 Å². The van der Waals surface area contributed by atoms with Gasteiger partial charge in [-0.3, -0.25) is 0 Å². The lowest BCUT2D eigenvalue weighted by molar-refractivity contribution is 0.0545. The van der Waals surface area contributed by atoms with Gasteiger partial charge in [0, 0.05) is 12.6 Å². The van der Waals surface area contributed by atoms with Crippen LogP contribution in [0, 0.1) is 0 Å². The minimum Gasteiger partial charge on any atom is -0.491 e. The summed E-state index contributed by atoms with van der Waals surface area (Å²) < 4.78 is 10.5. The summed E-state index contributed by atoms with van der Waals surface area (Å²) in [5, 5.41) is 9.75. The van der Waals surface area contributed by atoms with Crippen LogP contribution in [0.1, 0.15) is 19.4 Å². The molecule has 0 saturated carbocycles. The molecule has 1 aromatic rings. The van der Waals surface area contributed by atoms with Gasteiger partial charge >= 0.3 is 0 Å². The Hall–Kier alpha value is -1.10. The van der Waals surface area contributed by atoms with E-state index >= 15 is 0 Å². The zero-order valence-electron chi connectivity index (χ0n) is 11.3. The molecule has 1 rings (SSSR count). The van der Waals surface area contributed by atoms with E-state index in [9.17, 15) is 5.11 Å². The highest BCUT2D eigenvalue weighted by molar-refractivity contribution is 5.27. The summed E-state index contributed by atoms with van der Waals surface area (Å²) in [4.78, 5) is 0. The highest BCUT2D eigenvalue weighted by Crippen LogP contribution is 2.14. The molecule has 0 bridgehead atoms. The summed E-state index contributed by atoms with van der Waals surface area (Å²) >= 11 is 0. The summed E-state index contributed by atoms with van der Waals surface area (Å²) in [6.07, 6.45) is 0.195. The fourth-order valence-electron chi connectivity index (χ4n) is 1.36. The van der Waals surface area contributed by atoms with Gasteiger partial charge in [-0.2, -0.15) is 0 Å². The van der Waals surface area contributed by atoms with E-state index in [0.29, 0.717) is 6.61 Å². The molecule has 1 atom stereocenters. The van der Waals surface area contributed by atoms with E-state index in [2.05, 4.69) is 0 Å². The maximum atomic E-state index is 9.75. The number of benzene rings is 1. The topological polar surface area (TPSA) is 64.7 Å². The quantitative estimate of drug-likeness (QED) is 0.770. The highest BCUT2D eigenvalue weighted by Gasteiger charge is 2.23. The van der Waals surface area contributed by atoms with Gasteiger partial charge in [0.25, 0.3) is 0 Å². The molecule has 0 amide bonds. The maximum absolute atomic E-state index is 9.75. The van der Waals surface area contributed by atoms with Crippen LogP contribution in [0.15, 0.2) is 24.3 Å². The molecule has 18 heavy (non-hydrogen) atoms. The summed E-state index contributed by atoms with van der Waals surface area (Å²) in [5.41, 5.74) is 6.32.